The molecule has 42 heavy (non-hydrogen) atoms. The molecular weight excluding hydrogens is 551 g/mol. The van der Waals surface area contributed by atoms with Crippen molar-refractivity contribution in [3.8, 4) is 0 Å². The molecule has 12 heteroatoms. The second-order valence-corrected chi connectivity index (χ2v) is 11.4. The maximum atomic E-state index is 13.4. The molecule has 0 aliphatic carbocycles. The summed E-state index contributed by atoms with van der Waals surface area (Å²) >= 11 is 0. The van der Waals surface area contributed by atoms with Crippen LogP contribution >= 0.6 is 0 Å². The van der Waals surface area contributed by atoms with E-state index < -0.39 is 11.7 Å². The Labute approximate surface area is 244 Å². The van der Waals surface area contributed by atoms with Crippen LogP contribution < -0.4 is 10.6 Å². The summed E-state index contributed by atoms with van der Waals surface area (Å²) in [5, 5.41) is 7.03. The third kappa shape index (κ3) is 7.39. The maximum Gasteiger partial charge on any atom is 0.416 e. The van der Waals surface area contributed by atoms with Gasteiger partial charge >= 0.3 is 6.18 Å². The highest BCUT2D eigenvalue weighted by Gasteiger charge is 2.33. The van der Waals surface area contributed by atoms with Crippen LogP contribution in [-0.4, -0.2) is 85.0 Å². The summed E-state index contributed by atoms with van der Waals surface area (Å²) in [6, 6.07) is 5.77. The number of piperidine rings is 1. The number of likely N-dealkylation sites (tertiary alicyclic amines) is 1. The summed E-state index contributed by atoms with van der Waals surface area (Å²) in [6.45, 7) is 4.92. The average Bonchev–Trinajstić information content (AvgIpc) is 3.01. The molecule has 4 heterocycles. The van der Waals surface area contributed by atoms with E-state index in [1.165, 1.54) is 18.5 Å². The van der Waals surface area contributed by atoms with Crippen LogP contribution in [0.15, 0.2) is 30.6 Å². The number of ether oxygens (including phenoxy) is 3. The molecule has 0 radical (unpaired) electrons. The quantitative estimate of drug-likeness (QED) is 0.463. The van der Waals surface area contributed by atoms with E-state index in [0.717, 1.165) is 62.8 Å². The topological polar surface area (TPSA) is 97.8 Å². The molecule has 0 bridgehead atoms. The lowest BCUT2D eigenvalue weighted by Crippen LogP contribution is -2.54. The van der Waals surface area contributed by atoms with Crippen molar-refractivity contribution in [2.75, 3.05) is 45.3 Å². The molecule has 4 unspecified atom stereocenters. The fourth-order valence-electron chi connectivity index (χ4n) is 6.07. The van der Waals surface area contributed by atoms with Crippen molar-refractivity contribution in [3.63, 3.8) is 0 Å². The zero-order valence-corrected chi connectivity index (χ0v) is 24.2. The van der Waals surface area contributed by atoms with Gasteiger partial charge in [0.1, 0.15) is 17.8 Å². The predicted octanol–water partition coefficient (Wildman–Crippen LogP) is 4.52. The molecule has 2 N–H and O–H groups in total. The Morgan fingerprint density at radius 3 is 2.57 bits per heavy atom. The molecule has 0 saturated carbocycles. The zero-order valence-electron chi connectivity index (χ0n) is 24.2. The molecule has 1 aromatic heterocycles. The lowest BCUT2D eigenvalue weighted by molar-refractivity contribution is -0.137. The molecule has 3 fully saturated rings. The number of carbonyl (C=O) groups excluding carboxylic acids is 1. The molecule has 1 amide bonds. The van der Waals surface area contributed by atoms with E-state index in [4.69, 9.17) is 14.2 Å². The lowest BCUT2D eigenvalue weighted by Gasteiger charge is -2.38. The van der Waals surface area contributed by atoms with Crippen LogP contribution in [-0.2, 0) is 20.4 Å². The summed E-state index contributed by atoms with van der Waals surface area (Å²) in [5.74, 6) is 0.476. The molecule has 3 aliphatic rings. The van der Waals surface area contributed by atoms with E-state index in [-0.39, 0.29) is 30.3 Å². The number of hydrogen-bond donors (Lipinski definition) is 2. The molecular formula is C30H40F3N5O4. The van der Waals surface area contributed by atoms with Gasteiger partial charge in [-0.15, -0.1) is 0 Å². The number of amides is 1. The van der Waals surface area contributed by atoms with Crippen LogP contribution in [0.1, 0.15) is 71.8 Å². The molecule has 9 nitrogen and oxygen atoms in total. The smallest absolute Gasteiger partial charge is 0.379 e. The largest absolute Gasteiger partial charge is 0.416 e. The van der Waals surface area contributed by atoms with E-state index in [1.807, 2.05) is 11.8 Å². The third-order valence-electron chi connectivity index (χ3n) is 8.58. The van der Waals surface area contributed by atoms with Crippen molar-refractivity contribution in [3.05, 3.63) is 53.0 Å². The van der Waals surface area contributed by atoms with E-state index in [1.54, 1.807) is 7.11 Å². The molecule has 2 aromatic rings. The summed E-state index contributed by atoms with van der Waals surface area (Å²) < 4.78 is 56.1. The van der Waals surface area contributed by atoms with Crippen LogP contribution in [0.2, 0.25) is 0 Å². The van der Waals surface area contributed by atoms with Crippen molar-refractivity contribution in [1.82, 2.24) is 20.2 Å². The van der Waals surface area contributed by atoms with E-state index in [0.29, 0.717) is 49.4 Å². The Morgan fingerprint density at radius 2 is 1.86 bits per heavy atom. The summed E-state index contributed by atoms with van der Waals surface area (Å²) in [5.41, 5.74) is 1.14. The van der Waals surface area contributed by atoms with Crippen molar-refractivity contribution in [2.45, 2.75) is 82.0 Å². The Morgan fingerprint density at radius 1 is 1.10 bits per heavy atom. The molecule has 3 aliphatic heterocycles. The van der Waals surface area contributed by atoms with Gasteiger partial charge in [-0.25, -0.2) is 9.97 Å². The average molecular weight is 592 g/mol. The minimum Gasteiger partial charge on any atom is -0.379 e. The Hall–Kier alpha value is -2.80. The van der Waals surface area contributed by atoms with Gasteiger partial charge in [0, 0.05) is 51.0 Å². The first-order chi connectivity index (χ1) is 20.2. The Bertz CT molecular complexity index is 1190. The van der Waals surface area contributed by atoms with Crippen LogP contribution in [0, 0.1) is 6.92 Å². The number of nitrogens with one attached hydrogen (secondary N) is 2. The van der Waals surface area contributed by atoms with Gasteiger partial charge < -0.3 is 29.7 Å². The van der Waals surface area contributed by atoms with Crippen molar-refractivity contribution in [2.24, 2.45) is 0 Å². The van der Waals surface area contributed by atoms with Crippen LogP contribution in [0.25, 0.3) is 0 Å². The van der Waals surface area contributed by atoms with Gasteiger partial charge in [-0.3, -0.25) is 4.79 Å². The minimum atomic E-state index is -4.36. The first kappa shape index (κ1) is 30.7. The van der Waals surface area contributed by atoms with Crippen molar-refractivity contribution < 1.29 is 32.2 Å². The van der Waals surface area contributed by atoms with Crippen molar-refractivity contribution in [1.29, 1.82) is 0 Å². The zero-order chi connectivity index (χ0) is 29.7. The predicted molar refractivity (Wildman–Crippen MR) is 150 cm³/mol. The summed E-state index contributed by atoms with van der Waals surface area (Å²) in [7, 11) is 1.71. The fraction of sp³-hybridized carbons (Fsp3) is 0.633. The van der Waals surface area contributed by atoms with E-state index >= 15 is 0 Å². The lowest BCUT2D eigenvalue weighted by atomic mass is 9.97. The summed E-state index contributed by atoms with van der Waals surface area (Å²) in [6.07, 6.45) is 1.78. The van der Waals surface area contributed by atoms with Crippen molar-refractivity contribution >= 4 is 11.7 Å². The van der Waals surface area contributed by atoms with Gasteiger partial charge in [0.15, 0.2) is 0 Å². The van der Waals surface area contributed by atoms with Crippen LogP contribution in [0.3, 0.4) is 0 Å². The van der Waals surface area contributed by atoms with Gasteiger partial charge in [-0.2, -0.15) is 13.2 Å². The normalized spacial score (nSPS) is 25.8. The maximum absolute atomic E-state index is 13.4. The monoisotopic (exact) mass is 591 g/mol. The second kappa shape index (κ2) is 13.7. The second-order valence-electron chi connectivity index (χ2n) is 11.4. The molecule has 5 rings (SSSR count). The van der Waals surface area contributed by atoms with Gasteiger partial charge in [0.2, 0.25) is 0 Å². The molecule has 3 saturated heterocycles. The number of methoxy groups -OCH3 is 1. The number of benzene rings is 1. The third-order valence-corrected chi connectivity index (χ3v) is 8.58. The number of rotatable bonds is 8. The highest BCUT2D eigenvalue weighted by Crippen LogP contribution is 2.34. The SMILES string of the molecule is COC1COCCC1NC1CCN(C(=O)c2ncnc(NCC3CCCC(c4ccc(C(F)(F)F)cc4)O3)c2C)CC1. The Kier molecular flexibility index (Phi) is 9.97. The van der Waals surface area contributed by atoms with E-state index in [9.17, 15) is 18.0 Å². The number of nitrogens with zero attached hydrogens (tertiary/aromatic N) is 3. The number of anilines is 1. The standard InChI is InChI=1S/C30H40F3N5O4/c1-19-27(29(39)38-13-10-22(11-14-38)37-24-12-15-41-17-26(24)40-2)35-18-36-28(19)34-16-23-4-3-5-25(42-23)20-6-8-21(9-7-20)30(31,32)33/h6-9,18,22-26,37H,3-5,10-17H2,1-2H3,(H,34,35,36). The van der Waals surface area contributed by atoms with Gasteiger partial charge in [0.05, 0.1) is 30.5 Å². The summed E-state index contributed by atoms with van der Waals surface area (Å²) in [4.78, 5) is 24.0. The molecule has 230 valence electrons. The highest BCUT2D eigenvalue weighted by atomic mass is 19.4. The molecule has 0 spiro atoms. The number of alkyl halides is 3. The first-order valence-corrected chi connectivity index (χ1v) is 14.8. The number of halogens is 3. The minimum absolute atomic E-state index is 0.0442. The number of carbonyl (C=O) groups is 1. The molecule has 4 atom stereocenters. The molecule has 1 aromatic carbocycles. The first-order valence-electron chi connectivity index (χ1n) is 14.8. The fourth-order valence-corrected chi connectivity index (χ4v) is 6.07. The number of aromatic nitrogens is 2. The highest BCUT2D eigenvalue weighted by molar-refractivity contribution is 5.94. The van der Waals surface area contributed by atoms with Crippen LogP contribution in [0.5, 0.6) is 0 Å². The number of hydrogen-bond acceptors (Lipinski definition) is 8. The van der Waals surface area contributed by atoms with Crippen LogP contribution in [0.4, 0.5) is 19.0 Å². The van der Waals surface area contributed by atoms with Gasteiger partial charge in [0.25, 0.3) is 5.91 Å². The van der Waals surface area contributed by atoms with Gasteiger partial charge in [-0.1, -0.05) is 12.1 Å². The van der Waals surface area contributed by atoms with E-state index in [2.05, 4.69) is 20.6 Å². The van der Waals surface area contributed by atoms with Gasteiger partial charge in [-0.05, 0) is 63.1 Å². The Balaban J connectivity index is 1.13.